The van der Waals surface area contributed by atoms with Gasteiger partial charge in [0, 0.05) is 12.1 Å². The molecule has 0 heterocycles. The molecule has 0 amide bonds. The summed E-state index contributed by atoms with van der Waals surface area (Å²) in [5, 5.41) is 3.22. The summed E-state index contributed by atoms with van der Waals surface area (Å²) in [5.74, 6) is -1.75. The van der Waals surface area contributed by atoms with Gasteiger partial charge in [-0.15, -0.1) is 0 Å². The van der Waals surface area contributed by atoms with Crippen LogP contribution >= 0.6 is 11.6 Å². The van der Waals surface area contributed by atoms with Gasteiger partial charge < -0.3 is 5.32 Å². The molecule has 1 aromatic carbocycles. The van der Waals surface area contributed by atoms with Gasteiger partial charge in [0.15, 0.2) is 0 Å². The summed E-state index contributed by atoms with van der Waals surface area (Å²) in [5.41, 5.74) is 0.686. The van der Waals surface area contributed by atoms with E-state index >= 15 is 0 Å². The molecule has 21 heavy (non-hydrogen) atoms. The summed E-state index contributed by atoms with van der Waals surface area (Å²) >= 11 is 5.63. The lowest BCUT2D eigenvalue weighted by Gasteiger charge is -2.33. The van der Waals surface area contributed by atoms with E-state index in [2.05, 4.69) is 5.32 Å². The first-order valence-corrected chi connectivity index (χ1v) is 7.43. The van der Waals surface area contributed by atoms with Crippen LogP contribution in [0.15, 0.2) is 18.2 Å². The maximum absolute atomic E-state index is 13.4. The van der Waals surface area contributed by atoms with Gasteiger partial charge in [0.2, 0.25) is 0 Å². The zero-order chi connectivity index (χ0) is 15.6. The van der Waals surface area contributed by atoms with E-state index in [-0.39, 0.29) is 29.9 Å². The third-order valence-corrected chi connectivity index (χ3v) is 4.37. The van der Waals surface area contributed by atoms with Crippen molar-refractivity contribution in [3.63, 3.8) is 0 Å². The van der Waals surface area contributed by atoms with E-state index in [9.17, 15) is 17.6 Å². The van der Waals surface area contributed by atoms with E-state index in [1.165, 1.54) is 12.1 Å². The first-order valence-electron chi connectivity index (χ1n) is 7.05. The molecule has 0 saturated heterocycles. The fourth-order valence-electron chi connectivity index (χ4n) is 2.87. The lowest BCUT2D eigenvalue weighted by molar-refractivity contribution is -0.183. The van der Waals surface area contributed by atoms with Gasteiger partial charge in [-0.3, -0.25) is 0 Å². The Bertz CT molecular complexity index is 489. The van der Waals surface area contributed by atoms with Gasteiger partial charge in [-0.1, -0.05) is 24.1 Å². The Morgan fingerprint density at radius 2 is 2.00 bits per heavy atom. The van der Waals surface area contributed by atoms with Crippen LogP contribution in [0, 0.1) is 11.7 Å². The largest absolute Gasteiger partial charge is 0.391 e. The van der Waals surface area contributed by atoms with Gasteiger partial charge in [-0.2, -0.15) is 13.2 Å². The molecule has 0 aliphatic heterocycles. The van der Waals surface area contributed by atoms with Crippen molar-refractivity contribution in [2.24, 2.45) is 5.92 Å². The lowest BCUT2D eigenvalue weighted by Crippen LogP contribution is -2.39. The molecule has 6 heteroatoms. The van der Waals surface area contributed by atoms with Crippen LogP contribution in [-0.2, 0) is 0 Å². The van der Waals surface area contributed by atoms with Gasteiger partial charge in [0.1, 0.15) is 5.82 Å². The van der Waals surface area contributed by atoms with Gasteiger partial charge in [0.05, 0.1) is 10.9 Å². The van der Waals surface area contributed by atoms with Crippen LogP contribution in [0.25, 0.3) is 0 Å². The lowest BCUT2D eigenvalue weighted by atomic mass is 9.85. The van der Waals surface area contributed by atoms with Crippen molar-refractivity contribution in [3.05, 3.63) is 34.6 Å². The quantitative estimate of drug-likeness (QED) is 0.749. The average molecular weight is 324 g/mol. The highest BCUT2D eigenvalue weighted by atomic mass is 35.5. The molecule has 1 N–H and O–H groups in total. The third kappa shape index (κ3) is 4.33. The second-order valence-electron chi connectivity index (χ2n) is 5.66. The van der Waals surface area contributed by atoms with Crippen molar-refractivity contribution < 1.29 is 17.6 Å². The van der Waals surface area contributed by atoms with Crippen LogP contribution in [0.4, 0.5) is 17.6 Å². The van der Waals surface area contributed by atoms with E-state index in [0.717, 1.165) is 0 Å². The normalized spacial score (nSPS) is 24.9. The third-order valence-electron chi connectivity index (χ3n) is 4.07. The van der Waals surface area contributed by atoms with E-state index in [1.54, 1.807) is 6.07 Å². The van der Waals surface area contributed by atoms with E-state index in [0.29, 0.717) is 18.4 Å². The monoisotopic (exact) mass is 323 g/mol. The summed E-state index contributed by atoms with van der Waals surface area (Å²) in [7, 11) is 0. The Morgan fingerprint density at radius 3 is 2.62 bits per heavy atom. The standard InChI is InChI=1S/C15H18ClF4N/c1-9(10-5-6-13(16)14(17)7-10)21-12-4-2-3-11(8-12)15(18,19)20/h5-7,9,11-12,21H,2-4,8H2,1H3. The smallest absolute Gasteiger partial charge is 0.307 e. The van der Waals surface area contributed by atoms with Gasteiger partial charge in [-0.25, -0.2) is 4.39 Å². The van der Waals surface area contributed by atoms with Crippen LogP contribution in [0.5, 0.6) is 0 Å². The fraction of sp³-hybridized carbons (Fsp3) is 0.600. The second kappa shape index (κ2) is 6.53. The van der Waals surface area contributed by atoms with Crippen molar-refractivity contribution >= 4 is 11.6 Å². The Hall–Kier alpha value is -0.810. The Morgan fingerprint density at radius 1 is 1.29 bits per heavy atom. The number of hydrogen-bond acceptors (Lipinski definition) is 1. The SMILES string of the molecule is CC(NC1CCCC(C(F)(F)F)C1)c1ccc(Cl)c(F)c1. The molecule has 3 unspecified atom stereocenters. The topological polar surface area (TPSA) is 12.0 Å². The number of benzene rings is 1. The summed E-state index contributed by atoms with van der Waals surface area (Å²) < 4.78 is 51.8. The zero-order valence-electron chi connectivity index (χ0n) is 11.7. The van der Waals surface area contributed by atoms with Crippen LogP contribution in [0.2, 0.25) is 5.02 Å². The summed E-state index contributed by atoms with van der Waals surface area (Å²) in [4.78, 5) is 0. The molecular formula is C15H18ClF4N. The highest BCUT2D eigenvalue weighted by Gasteiger charge is 2.42. The van der Waals surface area contributed by atoms with Crippen LogP contribution in [-0.4, -0.2) is 12.2 Å². The molecule has 1 fully saturated rings. The summed E-state index contributed by atoms with van der Waals surface area (Å²) in [6.45, 7) is 1.82. The number of alkyl halides is 3. The molecular weight excluding hydrogens is 306 g/mol. The minimum atomic E-state index is -4.13. The summed E-state index contributed by atoms with van der Waals surface area (Å²) in [6.07, 6.45) is -2.57. The predicted molar refractivity (Wildman–Crippen MR) is 74.8 cm³/mol. The summed E-state index contributed by atoms with van der Waals surface area (Å²) in [6, 6.07) is 4.06. The molecule has 1 aliphatic rings. The molecule has 2 rings (SSSR count). The van der Waals surface area contributed by atoms with Gasteiger partial charge in [0.25, 0.3) is 0 Å². The van der Waals surface area contributed by atoms with Gasteiger partial charge >= 0.3 is 6.18 Å². The molecule has 1 nitrogen and oxygen atoms in total. The highest BCUT2D eigenvalue weighted by Crippen LogP contribution is 2.38. The first-order chi connectivity index (χ1) is 9.77. The van der Waals surface area contributed by atoms with Gasteiger partial charge in [-0.05, 0) is 43.9 Å². The number of rotatable bonds is 3. The molecule has 1 saturated carbocycles. The molecule has 118 valence electrons. The highest BCUT2D eigenvalue weighted by molar-refractivity contribution is 6.30. The van der Waals surface area contributed by atoms with Crippen molar-refractivity contribution in [3.8, 4) is 0 Å². The maximum Gasteiger partial charge on any atom is 0.391 e. The van der Waals surface area contributed by atoms with Crippen LogP contribution in [0.1, 0.15) is 44.2 Å². The molecule has 0 aromatic heterocycles. The van der Waals surface area contributed by atoms with Crippen LogP contribution in [0.3, 0.4) is 0 Å². The Labute approximate surface area is 126 Å². The molecule has 1 aliphatic carbocycles. The van der Waals surface area contributed by atoms with Crippen LogP contribution < -0.4 is 5.32 Å². The van der Waals surface area contributed by atoms with Crippen molar-refractivity contribution in [1.29, 1.82) is 0 Å². The average Bonchev–Trinajstić information content (AvgIpc) is 2.41. The fourth-order valence-corrected chi connectivity index (χ4v) is 2.99. The van der Waals surface area contributed by atoms with E-state index in [1.807, 2.05) is 6.92 Å². The minimum Gasteiger partial charge on any atom is -0.307 e. The number of halogens is 5. The predicted octanol–water partition coefficient (Wildman–Crippen LogP) is 5.25. The van der Waals surface area contributed by atoms with Crippen molar-refractivity contribution in [2.75, 3.05) is 0 Å². The molecule has 0 bridgehead atoms. The zero-order valence-corrected chi connectivity index (χ0v) is 12.4. The molecule has 1 aromatic rings. The van der Waals surface area contributed by atoms with Crippen molar-refractivity contribution in [2.45, 2.75) is 50.9 Å². The number of hydrogen-bond donors (Lipinski definition) is 1. The first kappa shape index (κ1) is 16.6. The Kier molecular flexibility index (Phi) is 5.15. The molecule has 0 radical (unpaired) electrons. The maximum atomic E-state index is 13.4. The van der Waals surface area contributed by atoms with Crippen molar-refractivity contribution in [1.82, 2.24) is 5.32 Å². The number of nitrogens with one attached hydrogen (secondary N) is 1. The second-order valence-corrected chi connectivity index (χ2v) is 6.07. The Balaban J connectivity index is 1.98. The molecule has 3 atom stereocenters. The molecule has 0 spiro atoms. The van der Waals surface area contributed by atoms with E-state index < -0.39 is 17.9 Å². The minimum absolute atomic E-state index is 0.0424. The van der Waals surface area contributed by atoms with E-state index in [4.69, 9.17) is 11.6 Å².